The Morgan fingerprint density at radius 2 is 2.09 bits per heavy atom. The Morgan fingerprint density at radius 3 is 2.70 bits per heavy atom. The third-order valence-electron chi connectivity index (χ3n) is 3.78. The second-order valence-electron chi connectivity index (χ2n) is 5.30. The third-order valence-corrected chi connectivity index (χ3v) is 5.54. The Labute approximate surface area is 130 Å². The average molecular weight is 346 g/mol. The molecule has 11 heteroatoms. The van der Waals surface area contributed by atoms with Gasteiger partial charge in [0.2, 0.25) is 0 Å². The van der Waals surface area contributed by atoms with Gasteiger partial charge in [-0.25, -0.2) is 0 Å². The molecule has 4 aliphatic heterocycles. The largest absolute Gasteiger partial charge is 0.592 e. The van der Waals surface area contributed by atoms with Crippen molar-refractivity contribution < 1.29 is 42.4 Å². The Bertz CT molecular complexity index is 628. The van der Waals surface area contributed by atoms with Crippen LogP contribution in [0, 0.1) is 0 Å². The Kier molecular flexibility index (Phi) is 3.59. The van der Waals surface area contributed by atoms with E-state index in [9.17, 15) is 15.0 Å². The van der Waals surface area contributed by atoms with Gasteiger partial charge in [0.05, 0.1) is 0 Å². The Balaban J connectivity index is 1.44. The lowest BCUT2D eigenvalue weighted by atomic mass is 10.1. The van der Waals surface area contributed by atoms with Gasteiger partial charge in [0.25, 0.3) is 12.1 Å². The number of aromatic nitrogens is 1. The fraction of sp³-hybridized carbons (Fsp3) is 0.500. The lowest BCUT2D eigenvalue weighted by molar-refractivity contribution is -0.765. The van der Waals surface area contributed by atoms with Crippen molar-refractivity contribution >= 4 is 14.1 Å². The summed E-state index contributed by atoms with van der Waals surface area (Å²) in [6.07, 6.45) is -1.03. The minimum atomic E-state index is -2.65. The van der Waals surface area contributed by atoms with E-state index in [4.69, 9.17) is 28.6 Å². The number of rotatable bonds is 5. The summed E-state index contributed by atoms with van der Waals surface area (Å²) in [6.45, 7) is -0.700. The maximum Gasteiger partial charge on any atom is 0.592 e. The number of hydrogen-bond acceptors (Lipinski definition) is 8. The van der Waals surface area contributed by atoms with E-state index in [-0.39, 0.29) is 12.2 Å². The van der Waals surface area contributed by atoms with E-state index in [1.165, 1.54) is 16.8 Å². The zero-order chi connectivity index (χ0) is 16.2. The van der Waals surface area contributed by atoms with Crippen LogP contribution in [0.1, 0.15) is 16.6 Å². The van der Waals surface area contributed by atoms with Crippen molar-refractivity contribution in [3.8, 4) is 0 Å². The number of pyridine rings is 1. The Morgan fingerprint density at radius 1 is 1.35 bits per heavy atom. The van der Waals surface area contributed by atoms with E-state index < -0.39 is 45.1 Å². The van der Waals surface area contributed by atoms with Crippen LogP contribution in [0.4, 0.5) is 0 Å². The van der Waals surface area contributed by atoms with Gasteiger partial charge >= 0.3 is 14.6 Å². The Hall–Kier alpha value is -1.23. The molecule has 1 aromatic heterocycles. The van der Waals surface area contributed by atoms with Crippen LogP contribution in [0.5, 0.6) is 0 Å². The van der Waals surface area contributed by atoms with Gasteiger partial charge in [0.15, 0.2) is 18.5 Å². The fourth-order valence-electron chi connectivity index (χ4n) is 2.51. The van der Waals surface area contributed by atoms with Crippen molar-refractivity contribution in [1.82, 2.24) is 0 Å². The highest BCUT2D eigenvalue weighted by atomic mass is 31.2. The third kappa shape index (κ3) is 2.53. The van der Waals surface area contributed by atoms with Crippen LogP contribution in [-0.2, 0) is 22.8 Å². The molecule has 1 aromatic rings. The molecule has 0 aliphatic carbocycles. The summed E-state index contributed by atoms with van der Waals surface area (Å²) in [4.78, 5) is 11.2. The number of aliphatic hydroxyl groups is 2. The van der Waals surface area contributed by atoms with Gasteiger partial charge in [-0.2, -0.15) is 4.57 Å². The number of aliphatic hydroxyl groups excluding tert-OH is 2. The molecule has 0 saturated carbocycles. The van der Waals surface area contributed by atoms with E-state index in [2.05, 4.69) is 0 Å². The van der Waals surface area contributed by atoms with Crippen LogP contribution < -0.4 is 10.3 Å². The van der Waals surface area contributed by atoms with Gasteiger partial charge in [-0.15, -0.1) is 4.52 Å². The van der Waals surface area contributed by atoms with E-state index in [0.717, 1.165) is 0 Å². The predicted octanol–water partition coefficient (Wildman–Crippen LogP) is -1.25. The number of carbonyl (C=O) groups is 1. The normalized spacial score (nSPS) is 41.2. The summed E-state index contributed by atoms with van der Waals surface area (Å²) in [6, 6.07) is 3.13. The maximum atomic E-state index is 11.2. The summed E-state index contributed by atoms with van der Waals surface area (Å²) < 4.78 is 27.7. The lowest BCUT2D eigenvalue weighted by Crippen LogP contribution is -2.48. The van der Waals surface area contributed by atoms with Crippen LogP contribution in [0.3, 0.4) is 0 Å². The van der Waals surface area contributed by atoms with E-state index in [1.807, 2.05) is 0 Å². The maximum absolute atomic E-state index is 11.2. The number of nitrogens with two attached hydrogens (primary N) is 1. The van der Waals surface area contributed by atoms with Crippen molar-refractivity contribution in [3.05, 3.63) is 30.1 Å². The number of carbonyl (C=O) groups excluding carboxylic acids is 1. The minimum Gasteiger partial charge on any atom is -0.387 e. The van der Waals surface area contributed by atoms with Crippen LogP contribution in [-0.4, -0.2) is 47.5 Å². The van der Waals surface area contributed by atoms with Gasteiger partial charge < -0.3 is 20.7 Å². The molecule has 10 nitrogen and oxygen atoms in total. The summed E-state index contributed by atoms with van der Waals surface area (Å²) in [5.41, 5.74) is 5.49. The zero-order valence-electron chi connectivity index (χ0n) is 11.7. The van der Waals surface area contributed by atoms with Crippen molar-refractivity contribution in [2.24, 2.45) is 5.73 Å². The number of ether oxygens (including phenoxy) is 1. The predicted molar refractivity (Wildman–Crippen MR) is 71.0 cm³/mol. The van der Waals surface area contributed by atoms with Crippen LogP contribution in [0.25, 0.3) is 0 Å². The molecular formula is C12H15N2O8P+2. The van der Waals surface area contributed by atoms with Crippen molar-refractivity contribution in [2.45, 2.75) is 31.0 Å². The first kappa shape index (κ1) is 15.3. The highest BCUT2D eigenvalue weighted by Gasteiger charge is 2.82. The molecule has 4 aliphatic rings. The topological polar surface area (TPSA) is 134 Å². The molecule has 1 amide bonds. The molecule has 0 radical (unpaired) electrons. The number of nitrogens with zero attached hydrogens (tertiary/aromatic N) is 1. The van der Waals surface area contributed by atoms with Crippen LogP contribution >= 0.6 is 8.17 Å². The minimum absolute atomic E-state index is 0.0642. The SMILES string of the molecule is NC(=O)c1ccc[n+]([C@@H]2O[C@H](CO[P+]34OC(O3)O4)[C@@H](O)[C@H]2O)c1. The van der Waals surface area contributed by atoms with E-state index >= 15 is 0 Å². The molecule has 4 atom stereocenters. The van der Waals surface area contributed by atoms with E-state index in [0.29, 0.717) is 0 Å². The second kappa shape index (κ2) is 5.40. The highest BCUT2D eigenvalue weighted by Crippen LogP contribution is 2.83. The van der Waals surface area contributed by atoms with Crippen molar-refractivity contribution in [1.29, 1.82) is 0 Å². The molecule has 2 bridgehead atoms. The quantitative estimate of drug-likeness (QED) is 0.445. The molecule has 4 N–H and O–H groups in total. The number of amides is 1. The van der Waals surface area contributed by atoms with Gasteiger partial charge in [0, 0.05) is 6.07 Å². The first-order chi connectivity index (χ1) is 11.0. The monoisotopic (exact) mass is 346 g/mol. The van der Waals surface area contributed by atoms with E-state index in [1.54, 1.807) is 12.3 Å². The standard InChI is InChI=1S/C12H14N2O8P/c13-10(17)6-2-1-3-14(4-6)11-9(16)8(15)7(19-11)5-18-23-20-12(21-23)22-23/h1-4,7-9,11-12,15-16H,5H2,(H-,13,17)/q+1/p+1/t7-,8-,9-,11-,12?,23?/m1/s1. The molecule has 4 fully saturated rings. The van der Waals surface area contributed by atoms with Crippen LogP contribution in [0.2, 0.25) is 0 Å². The zero-order valence-corrected chi connectivity index (χ0v) is 12.6. The lowest BCUT2D eigenvalue weighted by Gasteiger charge is -2.40. The first-order valence-corrected chi connectivity index (χ1v) is 8.34. The summed E-state index contributed by atoms with van der Waals surface area (Å²) in [5.74, 6) is -0.605. The molecule has 0 unspecified atom stereocenters. The molecule has 23 heavy (non-hydrogen) atoms. The molecule has 0 aromatic carbocycles. The van der Waals surface area contributed by atoms with Gasteiger partial charge in [-0.1, -0.05) is 13.6 Å². The average Bonchev–Trinajstić information content (AvgIpc) is 2.73. The van der Waals surface area contributed by atoms with Gasteiger partial charge in [-0.3, -0.25) is 4.79 Å². The molecule has 4 saturated heterocycles. The highest BCUT2D eigenvalue weighted by molar-refractivity contribution is 7.59. The summed E-state index contributed by atoms with van der Waals surface area (Å²) in [7, 11) is -2.65. The summed E-state index contributed by atoms with van der Waals surface area (Å²) in [5, 5.41) is 20.3. The number of hydrogen-bond donors (Lipinski definition) is 3. The van der Waals surface area contributed by atoms with Gasteiger partial charge in [0.1, 0.15) is 24.4 Å². The molecule has 0 spiro atoms. The second-order valence-corrected chi connectivity index (χ2v) is 7.08. The summed E-state index contributed by atoms with van der Waals surface area (Å²) >= 11 is 0. The first-order valence-electron chi connectivity index (χ1n) is 6.88. The van der Waals surface area contributed by atoms with Crippen molar-refractivity contribution in [3.63, 3.8) is 0 Å². The van der Waals surface area contributed by atoms with Crippen molar-refractivity contribution in [2.75, 3.05) is 6.61 Å². The molecule has 124 valence electrons. The molecular weight excluding hydrogens is 331 g/mol. The molecule has 5 heterocycles. The smallest absolute Gasteiger partial charge is 0.387 e. The number of primary amides is 1. The van der Waals surface area contributed by atoms with Gasteiger partial charge in [-0.05, 0) is 6.07 Å². The fourth-order valence-corrected chi connectivity index (χ4v) is 3.70. The molecule has 5 rings (SSSR count). The van der Waals surface area contributed by atoms with Crippen LogP contribution in [0.15, 0.2) is 24.5 Å².